The van der Waals surface area contributed by atoms with Gasteiger partial charge in [0.05, 0.1) is 0 Å². The van der Waals surface area contributed by atoms with Crippen molar-refractivity contribution in [2.24, 2.45) is 0 Å². The van der Waals surface area contributed by atoms with Crippen LogP contribution in [0.3, 0.4) is 0 Å². The molecular weight excluding hydrogens is 564 g/mol. The molecule has 0 saturated heterocycles. The number of Topliss-reactive ketones (excluding diaryl/α,β-unsaturated/α-hetero) is 1. The van der Waals surface area contributed by atoms with Gasteiger partial charge in [-0.1, -0.05) is 127 Å². The van der Waals surface area contributed by atoms with Gasteiger partial charge >= 0.3 is 11.9 Å². The third-order valence-corrected chi connectivity index (χ3v) is 7.99. The van der Waals surface area contributed by atoms with Gasteiger partial charge in [0.15, 0.2) is 5.78 Å². The van der Waals surface area contributed by atoms with Crippen LogP contribution in [0.2, 0.25) is 0 Å². The molecule has 258 valence electrons. The van der Waals surface area contributed by atoms with E-state index in [9.17, 15) is 24.6 Å². The molecule has 0 aliphatic carbocycles. The number of carboxylic acid groups (broad SMARTS) is 1. The lowest BCUT2D eigenvalue weighted by Crippen LogP contribution is -2.53. The van der Waals surface area contributed by atoms with Gasteiger partial charge in [-0.25, -0.2) is 4.79 Å². The molecule has 0 saturated carbocycles. The molecule has 0 radical (unpaired) electrons. The highest BCUT2D eigenvalue weighted by Crippen LogP contribution is 2.20. The summed E-state index contributed by atoms with van der Waals surface area (Å²) in [6.45, 7) is 3.39. The van der Waals surface area contributed by atoms with Crippen molar-refractivity contribution in [3.05, 3.63) is 48.6 Å². The quantitative estimate of drug-likeness (QED) is 0.0332. The fourth-order valence-corrected chi connectivity index (χ4v) is 5.03. The third-order valence-electron chi connectivity index (χ3n) is 7.99. The van der Waals surface area contributed by atoms with E-state index in [2.05, 4.69) is 62.5 Å². The summed E-state index contributed by atoms with van der Waals surface area (Å²) in [6.07, 6.45) is 40.7. The standard InChI is InChI=1S/C39H66O6/c1-3-5-7-9-11-13-15-17-19-21-23-25-27-29-31-33-36(41)39(35-40,38(43)44)45-37(42)34-32-30-28-26-24-22-20-18-16-14-12-10-8-6-4-2/h11-14,17-20,40H,3-10,15-16,21-35H2,1-2H3,(H,43,44). The predicted molar refractivity (Wildman–Crippen MR) is 187 cm³/mol. The van der Waals surface area contributed by atoms with Gasteiger partial charge in [0, 0.05) is 12.8 Å². The van der Waals surface area contributed by atoms with E-state index in [4.69, 9.17) is 4.74 Å². The number of hydrogen-bond acceptors (Lipinski definition) is 5. The minimum Gasteiger partial charge on any atom is -0.478 e. The molecule has 6 nitrogen and oxygen atoms in total. The Balaban J connectivity index is 4.08. The molecule has 1 unspecified atom stereocenters. The first-order valence-electron chi connectivity index (χ1n) is 18.1. The second kappa shape index (κ2) is 31.5. The molecule has 0 fully saturated rings. The van der Waals surface area contributed by atoms with Crippen LogP contribution >= 0.6 is 0 Å². The molecule has 0 spiro atoms. The number of carbonyl (C=O) groups excluding carboxylic acids is 2. The summed E-state index contributed by atoms with van der Waals surface area (Å²) in [4.78, 5) is 37.1. The minimum absolute atomic E-state index is 0.0334. The van der Waals surface area contributed by atoms with Crippen LogP contribution in [0.5, 0.6) is 0 Å². The van der Waals surface area contributed by atoms with Gasteiger partial charge < -0.3 is 14.9 Å². The molecular formula is C39H66O6. The van der Waals surface area contributed by atoms with Gasteiger partial charge in [-0.2, -0.15) is 0 Å². The van der Waals surface area contributed by atoms with E-state index in [1.54, 1.807) is 0 Å². The Hall–Kier alpha value is -2.47. The van der Waals surface area contributed by atoms with Gasteiger partial charge in [-0.05, 0) is 77.0 Å². The maximum Gasteiger partial charge on any atom is 0.358 e. The maximum atomic E-state index is 12.8. The molecule has 45 heavy (non-hydrogen) atoms. The first-order chi connectivity index (χ1) is 21.9. The van der Waals surface area contributed by atoms with Crippen molar-refractivity contribution >= 4 is 17.7 Å². The number of unbranched alkanes of at least 4 members (excludes halogenated alkanes) is 16. The molecule has 2 N–H and O–H groups in total. The monoisotopic (exact) mass is 630 g/mol. The molecule has 0 aliphatic heterocycles. The normalized spacial score (nSPS) is 13.4. The number of carbonyl (C=O) groups is 3. The lowest BCUT2D eigenvalue weighted by atomic mass is 9.94. The Bertz CT molecular complexity index is 856. The highest BCUT2D eigenvalue weighted by atomic mass is 16.6. The molecule has 1 atom stereocenters. The number of allylic oxidation sites excluding steroid dienone is 8. The fourth-order valence-electron chi connectivity index (χ4n) is 5.03. The zero-order valence-corrected chi connectivity index (χ0v) is 28.8. The Morgan fingerprint density at radius 2 is 0.911 bits per heavy atom. The molecule has 6 heteroatoms. The van der Waals surface area contributed by atoms with Crippen LogP contribution in [0.1, 0.15) is 168 Å². The van der Waals surface area contributed by atoms with Crippen molar-refractivity contribution in [1.29, 1.82) is 0 Å². The summed E-state index contributed by atoms with van der Waals surface area (Å²) in [5.41, 5.74) is -2.50. The Morgan fingerprint density at radius 1 is 0.533 bits per heavy atom. The number of aliphatic hydroxyl groups excluding tert-OH is 1. The van der Waals surface area contributed by atoms with Crippen LogP contribution in [0.4, 0.5) is 0 Å². The van der Waals surface area contributed by atoms with Crippen LogP contribution in [0.25, 0.3) is 0 Å². The maximum absolute atomic E-state index is 12.8. The number of ether oxygens (including phenoxy) is 1. The number of aliphatic carboxylic acids is 1. The molecule has 0 bridgehead atoms. The van der Waals surface area contributed by atoms with Crippen molar-refractivity contribution in [2.45, 2.75) is 174 Å². The fraction of sp³-hybridized carbons (Fsp3) is 0.718. The van der Waals surface area contributed by atoms with E-state index in [0.717, 1.165) is 83.5 Å². The van der Waals surface area contributed by atoms with Crippen LogP contribution < -0.4 is 0 Å². The lowest BCUT2D eigenvalue weighted by molar-refractivity contribution is -0.187. The van der Waals surface area contributed by atoms with Crippen molar-refractivity contribution < 1.29 is 29.3 Å². The zero-order valence-electron chi connectivity index (χ0n) is 28.8. The summed E-state index contributed by atoms with van der Waals surface area (Å²) in [7, 11) is 0. The Labute approximate surface area is 275 Å². The largest absolute Gasteiger partial charge is 0.478 e. The summed E-state index contributed by atoms with van der Waals surface area (Å²) in [5.74, 6) is -3.09. The minimum atomic E-state index is -2.50. The summed E-state index contributed by atoms with van der Waals surface area (Å²) in [6, 6.07) is 0. The van der Waals surface area contributed by atoms with E-state index in [1.165, 1.54) is 44.9 Å². The summed E-state index contributed by atoms with van der Waals surface area (Å²) < 4.78 is 5.14. The second-order valence-electron chi connectivity index (χ2n) is 12.1. The van der Waals surface area contributed by atoms with Gasteiger partial charge in [-0.3, -0.25) is 9.59 Å². The highest BCUT2D eigenvalue weighted by Gasteiger charge is 2.49. The average molecular weight is 631 g/mol. The van der Waals surface area contributed by atoms with E-state index >= 15 is 0 Å². The van der Waals surface area contributed by atoms with Crippen LogP contribution in [-0.2, 0) is 19.1 Å². The molecule has 0 rings (SSSR count). The number of rotatable bonds is 32. The van der Waals surface area contributed by atoms with E-state index in [1.807, 2.05) is 0 Å². The first kappa shape index (κ1) is 42.5. The van der Waals surface area contributed by atoms with Gasteiger partial charge in [-0.15, -0.1) is 0 Å². The zero-order chi connectivity index (χ0) is 33.3. The van der Waals surface area contributed by atoms with Crippen molar-refractivity contribution in [1.82, 2.24) is 0 Å². The number of aliphatic hydroxyl groups is 1. The second-order valence-corrected chi connectivity index (χ2v) is 12.1. The van der Waals surface area contributed by atoms with Gasteiger partial charge in [0.1, 0.15) is 6.61 Å². The van der Waals surface area contributed by atoms with Gasteiger partial charge in [0.2, 0.25) is 0 Å². The average Bonchev–Trinajstić information content (AvgIpc) is 3.03. The topological polar surface area (TPSA) is 101 Å². The van der Waals surface area contributed by atoms with E-state index in [-0.39, 0.29) is 12.8 Å². The highest BCUT2D eigenvalue weighted by molar-refractivity contribution is 6.08. The van der Waals surface area contributed by atoms with Crippen LogP contribution in [-0.4, -0.2) is 40.1 Å². The molecule has 0 aromatic heterocycles. The number of esters is 1. The Kier molecular flexibility index (Phi) is 29.8. The van der Waals surface area contributed by atoms with Gasteiger partial charge in [0.25, 0.3) is 5.60 Å². The van der Waals surface area contributed by atoms with E-state index < -0.39 is 29.9 Å². The third kappa shape index (κ3) is 24.4. The Morgan fingerprint density at radius 3 is 1.31 bits per heavy atom. The number of hydrogen-bond donors (Lipinski definition) is 2. The van der Waals surface area contributed by atoms with Crippen molar-refractivity contribution in [2.75, 3.05) is 6.61 Å². The molecule has 0 heterocycles. The van der Waals surface area contributed by atoms with Crippen LogP contribution in [0, 0.1) is 0 Å². The molecule has 0 amide bonds. The van der Waals surface area contributed by atoms with Crippen molar-refractivity contribution in [3.8, 4) is 0 Å². The first-order valence-corrected chi connectivity index (χ1v) is 18.1. The number of carboxylic acids is 1. The number of ketones is 1. The predicted octanol–water partition coefficient (Wildman–Crippen LogP) is 10.5. The van der Waals surface area contributed by atoms with Crippen molar-refractivity contribution in [3.63, 3.8) is 0 Å². The lowest BCUT2D eigenvalue weighted by Gasteiger charge is -2.26. The summed E-state index contributed by atoms with van der Waals surface area (Å²) >= 11 is 0. The SMILES string of the molecule is CCCCCC=CCC=CCCCCCCCC(=O)OC(CO)(C(=O)O)C(=O)CCCCCCCC=CCC=CCCCCC. The van der Waals surface area contributed by atoms with Crippen LogP contribution in [0.15, 0.2) is 48.6 Å². The smallest absolute Gasteiger partial charge is 0.358 e. The molecule has 0 aliphatic rings. The molecule has 0 aromatic rings. The summed E-state index contributed by atoms with van der Waals surface area (Å²) in [5, 5.41) is 19.5. The molecule has 0 aromatic carbocycles. The van der Waals surface area contributed by atoms with E-state index in [0.29, 0.717) is 12.8 Å².